The zero-order chi connectivity index (χ0) is 19.9. The third-order valence-corrected chi connectivity index (χ3v) is 6.17. The van der Waals surface area contributed by atoms with Crippen LogP contribution in [0.1, 0.15) is 25.3 Å². The van der Waals surface area contributed by atoms with Crippen molar-refractivity contribution in [3.8, 4) is 0 Å². The van der Waals surface area contributed by atoms with Crippen molar-refractivity contribution in [1.82, 2.24) is 0 Å². The summed E-state index contributed by atoms with van der Waals surface area (Å²) in [6.45, 7) is 2.26. The minimum absolute atomic E-state index is 1.13. The third-order valence-electron chi connectivity index (χ3n) is 6.17. The highest BCUT2D eigenvalue weighted by molar-refractivity contribution is 7.19. The molecule has 0 heterocycles. The van der Waals surface area contributed by atoms with Crippen LogP contribution in [0.25, 0.3) is 0 Å². The van der Waals surface area contributed by atoms with Gasteiger partial charge in [-0.3, -0.25) is 0 Å². The van der Waals surface area contributed by atoms with Crippen LogP contribution in [0.4, 0.5) is 0 Å². The summed E-state index contributed by atoms with van der Waals surface area (Å²) >= 11 is 0. The van der Waals surface area contributed by atoms with Crippen molar-refractivity contribution in [2.45, 2.75) is 26.2 Å². The molecule has 0 saturated carbocycles. The lowest BCUT2D eigenvalue weighted by atomic mass is 9.13. The topological polar surface area (TPSA) is 0 Å². The van der Waals surface area contributed by atoms with E-state index < -0.39 is 6.15 Å². The Kier molecular flexibility index (Phi) is 5.96. The van der Waals surface area contributed by atoms with Gasteiger partial charge >= 0.3 is 0 Å². The molecule has 1 heteroatoms. The van der Waals surface area contributed by atoms with Crippen LogP contribution in [0.15, 0.2) is 115 Å². The molecule has 4 aromatic carbocycles. The van der Waals surface area contributed by atoms with Crippen molar-refractivity contribution >= 4 is 28.0 Å². The van der Waals surface area contributed by atoms with Crippen LogP contribution < -0.4 is 21.9 Å². The number of hydrogen-bond donors (Lipinski definition) is 0. The monoisotopic (exact) mass is 375 g/mol. The maximum Gasteiger partial charge on any atom is 0.108 e. The van der Waals surface area contributed by atoms with Gasteiger partial charge in [0.2, 0.25) is 0 Å². The summed E-state index contributed by atoms with van der Waals surface area (Å²) < 4.78 is 0. The van der Waals surface area contributed by atoms with Gasteiger partial charge in [-0.25, -0.2) is 0 Å². The zero-order valence-corrected chi connectivity index (χ0v) is 17.2. The Morgan fingerprint density at radius 2 is 0.966 bits per heavy atom. The number of unbranched alkanes of at least 4 members (excludes halogenated alkanes) is 1. The number of rotatable bonds is 7. The van der Waals surface area contributed by atoms with Crippen molar-refractivity contribution in [2.75, 3.05) is 0 Å². The first-order valence-electron chi connectivity index (χ1n) is 10.8. The molecule has 0 spiro atoms. The second-order valence-corrected chi connectivity index (χ2v) is 7.95. The Morgan fingerprint density at radius 3 is 1.41 bits per heavy atom. The Morgan fingerprint density at radius 1 is 0.517 bits per heavy atom. The molecule has 0 saturated heterocycles. The molecule has 0 bridgehead atoms. The minimum Gasteiger partial charge on any atom is -0.195 e. The predicted molar refractivity (Wildman–Crippen MR) is 129 cm³/mol. The van der Waals surface area contributed by atoms with E-state index in [0.29, 0.717) is 0 Å². The smallest absolute Gasteiger partial charge is 0.108 e. The molecule has 0 unspecified atom stereocenters. The van der Waals surface area contributed by atoms with Crippen LogP contribution >= 0.6 is 0 Å². The Bertz CT molecular complexity index is 927. The molecule has 29 heavy (non-hydrogen) atoms. The molecule has 0 aliphatic heterocycles. The molecule has 0 fully saturated rings. The van der Waals surface area contributed by atoms with Crippen LogP contribution in [0.2, 0.25) is 0 Å². The molecule has 0 nitrogen and oxygen atoms in total. The number of aryl methyl sites for hydroxylation is 1. The van der Waals surface area contributed by atoms with Gasteiger partial charge in [0.15, 0.2) is 0 Å². The van der Waals surface area contributed by atoms with E-state index in [-0.39, 0.29) is 0 Å². The highest BCUT2D eigenvalue weighted by Gasteiger charge is 2.31. The summed E-state index contributed by atoms with van der Waals surface area (Å²) in [7, 11) is 0. The molecule has 0 amide bonds. The second kappa shape index (κ2) is 8.96. The summed E-state index contributed by atoms with van der Waals surface area (Å²) in [5, 5.41) is 0. The van der Waals surface area contributed by atoms with E-state index in [1.165, 1.54) is 40.3 Å². The molecule has 0 aliphatic rings. The van der Waals surface area contributed by atoms with Gasteiger partial charge in [0.05, 0.1) is 0 Å². The molecule has 0 aliphatic carbocycles. The minimum atomic E-state index is -1.25. The molecular formula is C28H28B-. The summed E-state index contributed by atoms with van der Waals surface area (Å²) in [5.74, 6) is 0. The average molecular weight is 375 g/mol. The fourth-order valence-electron chi connectivity index (χ4n) is 4.78. The Balaban J connectivity index is 2.04. The second-order valence-electron chi connectivity index (χ2n) is 7.95. The standard InChI is InChI=1S/C28H28B/c1-2-3-14-24-15-13-22-28(23-24)29(25-16-7-4-8-17-25,26-18-9-5-10-19-26)27-20-11-6-12-21-27/h4-13,15-23H,2-3,14H2,1H3/q-1. The molecule has 0 aromatic heterocycles. The summed E-state index contributed by atoms with van der Waals surface area (Å²) in [5.41, 5.74) is 6.90. The lowest BCUT2D eigenvalue weighted by Gasteiger charge is -2.44. The highest BCUT2D eigenvalue weighted by atomic mass is 14.1. The summed E-state index contributed by atoms with van der Waals surface area (Å²) in [6.07, 6.45) is 2.33. The molecule has 144 valence electrons. The van der Waals surface area contributed by atoms with E-state index in [4.69, 9.17) is 0 Å². The van der Waals surface area contributed by atoms with E-state index >= 15 is 0 Å². The van der Waals surface area contributed by atoms with Crippen LogP contribution in [-0.4, -0.2) is 6.15 Å². The van der Waals surface area contributed by atoms with Gasteiger partial charge in [0, 0.05) is 0 Å². The lowest BCUT2D eigenvalue weighted by molar-refractivity contribution is 0.795. The van der Waals surface area contributed by atoms with Gasteiger partial charge in [0.25, 0.3) is 0 Å². The van der Waals surface area contributed by atoms with Gasteiger partial charge in [0.1, 0.15) is 6.15 Å². The zero-order valence-electron chi connectivity index (χ0n) is 17.2. The molecular weight excluding hydrogens is 347 g/mol. The van der Waals surface area contributed by atoms with Gasteiger partial charge < -0.3 is 0 Å². The first-order chi connectivity index (χ1) is 14.4. The van der Waals surface area contributed by atoms with E-state index in [2.05, 4.69) is 122 Å². The first kappa shape index (κ1) is 19.3. The molecule has 0 radical (unpaired) electrons. The quantitative estimate of drug-likeness (QED) is 0.420. The maximum atomic E-state index is 2.45. The normalized spacial score (nSPS) is 11.3. The van der Waals surface area contributed by atoms with Crippen molar-refractivity contribution < 1.29 is 0 Å². The number of hydrogen-bond acceptors (Lipinski definition) is 0. The van der Waals surface area contributed by atoms with Crippen molar-refractivity contribution in [3.05, 3.63) is 121 Å². The predicted octanol–water partition coefficient (Wildman–Crippen LogP) is 4.41. The summed E-state index contributed by atoms with van der Waals surface area (Å²) in [4.78, 5) is 0. The molecule has 4 rings (SSSR count). The fourth-order valence-corrected chi connectivity index (χ4v) is 4.78. The summed E-state index contributed by atoms with van der Waals surface area (Å²) in [6, 6.07) is 42.4. The molecule has 0 N–H and O–H groups in total. The Hall–Kier alpha value is -3.06. The van der Waals surface area contributed by atoms with E-state index in [1.54, 1.807) is 0 Å². The van der Waals surface area contributed by atoms with Crippen molar-refractivity contribution in [2.24, 2.45) is 0 Å². The Labute approximate surface area is 175 Å². The fraction of sp³-hybridized carbons (Fsp3) is 0.143. The molecule has 0 atom stereocenters. The van der Waals surface area contributed by atoms with Gasteiger partial charge in [-0.05, 0) is 12.8 Å². The van der Waals surface area contributed by atoms with Crippen molar-refractivity contribution in [3.63, 3.8) is 0 Å². The first-order valence-corrected chi connectivity index (χ1v) is 10.8. The largest absolute Gasteiger partial charge is 0.195 e. The van der Waals surface area contributed by atoms with Crippen molar-refractivity contribution in [1.29, 1.82) is 0 Å². The van der Waals surface area contributed by atoms with Gasteiger partial charge in [-0.15, -0.1) is 0 Å². The lowest BCUT2D eigenvalue weighted by Crippen LogP contribution is -2.74. The maximum absolute atomic E-state index is 2.45. The SMILES string of the molecule is CCCCc1cccc([B-](c2ccccc2)(c2ccccc2)c2ccccc2)c1. The average Bonchev–Trinajstić information content (AvgIpc) is 2.81. The van der Waals surface area contributed by atoms with Gasteiger partial charge in [-0.2, -0.15) is 21.9 Å². The third kappa shape index (κ3) is 3.78. The van der Waals surface area contributed by atoms with Crippen LogP contribution in [0.3, 0.4) is 0 Å². The van der Waals surface area contributed by atoms with E-state index in [0.717, 1.165) is 6.42 Å². The van der Waals surface area contributed by atoms with Gasteiger partial charge in [-0.1, -0.05) is 134 Å². The molecule has 4 aromatic rings. The van der Waals surface area contributed by atoms with E-state index in [1.807, 2.05) is 0 Å². The van der Waals surface area contributed by atoms with Crippen LogP contribution in [-0.2, 0) is 6.42 Å². The number of benzene rings is 4. The van der Waals surface area contributed by atoms with Crippen LogP contribution in [0, 0.1) is 0 Å². The van der Waals surface area contributed by atoms with E-state index in [9.17, 15) is 0 Å². The van der Waals surface area contributed by atoms with Crippen LogP contribution in [0.5, 0.6) is 0 Å². The highest BCUT2D eigenvalue weighted by Crippen LogP contribution is 2.12.